The van der Waals surface area contributed by atoms with Gasteiger partial charge < -0.3 is 5.11 Å². The van der Waals surface area contributed by atoms with Crippen molar-refractivity contribution in [3.63, 3.8) is 0 Å². The van der Waals surface area contributed by atoms with Crippen LogP contribution >= 0.6 is 11.6 Å². The number of carboxylic acid groups (broad SMARTS) is 1. The quantitative estimate of drug-likeness (QED) is 0.933. The van der Waals surface area contributed by atoms with Crippen molar-refractivity contribution >= 4 is 17.6 Å². The lowest BCUT2D eigenvalue weighted by molar-refractivity contribution is 0.0696. The number of aromatic carboxylic acids is 1. The van der Waals surface area contributed by atoms with E-state index in [2.05, 4.69) is 5.10 Å². The van der Waals surface area contributed by atoms with E-state index >= 15 is 0 Å². The molecule has 5 nitrogen and oxygen atoms in total. The Morgan fingerprint density at radius 1 is 1.58 bits per heavy atom. The third-order valence-corrected chi connectivity index (χ3v) is 3.04. The number of rotatable bonds is 3. The second-order valence-corrected chi connectivity index (χ2v) is 4.46. The fourth-order valence-electron chi connectivity index (χ4n) is 1.73. The molecule has 0 saturated heterocycles. The van der Waals surface area contributed by atoms with Crippen LogP contribution < -0.4 is 0 Å². The van der Waals surface area contributed by atoms with E-state index in [9.17, 15) is 4.79 Å². The first kappa shape index (κ1) is 13.1. The van der Waals surface area contributed by atoms with Crippen molar-refractivity contribution in [3.8, 4) is 6.07 Å². The first-order chi connectivity index (χ1) is 9.01. The number of halogens is 1. The summed E-state index contributed by atoms with van der Waals surface area (Å²) in [7, 11) is 0. The maximum absolute atomic E-state index is 10.9. The van der Waals surface area contributed by atoms with E-state index in [1.54, 1.807) is 25.1 Å². The summed E-state index contributed by atoms with van der Waals surface area (Å²) in [5.74, 6) is -1.00. The molecule has 1 aromatic heterocycles. The summed E-state index contributed by atoms with van der Waals surface area (Å²) in [5.41, 5.74) is 1.89. The highest BCUT2D eigenvalue weighted by Crippen LogP contribution is 2.19. The average Bonchev–Trinajstić information content (AvgIpc) is 2.73. The predicted molar refractivity (Wildman–Crippen MR) is 69.2 cm³/mol. The smallest absolute Gasteiger partial charge is 0.339 e. The monoisotopic (exact) mass is 275 g/mol. The van der Waals surface area contributed by atoms with Crippen LogP contribution in [-0.4, -0.2) is 20.9 Å². The Hall–Kier alpha value is -2.32. The maximum Gasteiger partial charge on any atom is 0.339 e. The highest BCUT2D eigenvalue weighted by atomic mass is 35.5. The number of nitriles is 1. The van der Waals surface area contributed by atoms with Gasteiger partial charge in [-0.1, -0.05) is 17.7 Å². The van der Waals surface area contributed by atoms with Crippen LogP contribution in [0.2, 0.25) is 5.02 Å². The third kappa shape index (κ3) is 2.75. The summed E-state index contributed by atoms with van der Waals surface area (Å²) in [5, 5.41) is 22.3. The molecule has 0 spiro atoms. The lowest BCUT2D eigenvalue weighted by atomic mass is 10.1. The van der Waals surface area contributed by atoms with E-state index in [-0.39, 0.29) is 5.56 Å². The first-order valence-electron chi connectivity index (χ1n) is 5.47. The van der Waals surface area contributed by atoms with E-state index in [4.69, 9.17) is 22.0 Å². The average molecular weight is 276 g/mol. The number of carboxylic acids is 1. The fraction of sp³-hybridized carbons (Fsp3) is 0.154. The highest BCUT2D eigenvalue weighted by Gasteiger charge is 2.12. The number of aromatic nitrogens is 2. The van der Waals surface area contributed by atoms with Gasteiger partial charge in [-0.2, -0.15) is 10.4 Å². The van der Waals surface area contributed by atoms with Crippen molar-refractivity contribution in [1.82, 2.24) is 9.78 Å². The molecular formula is C13H10ClN3O2. The maximum atomic E-state index is 10.9. The van der Waals surface area contributed by atoms with Crippen molar-refractivity contribution in [1.29, 1.82) is 5.26 Å². The van der Waals surface area contributed by atoms with Gasteiger partial charge in [0.1, 0.15) is 5.56 Å². The number of hydrogen-bond donors (Lipinski definition) is 1. The van der Waals surface area contributed by atoms with Gasteiger partial charge in [-0.15, -0.1) is 0 Å². The zero-order chi connectivity index (χ0) is 14.0. The number of carbonyl (C=O) groups is 1. The van der Waals surface area contributed by atoms with Gasteiger partial charge in [0, 0.05) is 11.2 Å². The standard InChI is InChI=1S/C13H10ClN3O2/c1-8-11(13(18)19)7-17(16-8)6-10-3-2-9(5-15)4-12(10)14/h2-4,7H,6H2,1H3,(H,18,19). The summed E-state index contributed by atoms with van der Waals surface area (Å²) in [6.07, 6.45) is 1.46. The van der Waals surface area contributed by atoms with Crippen molar-refractivity contribution < 1.29 is 9.90 Å². The Kier molecular flexibility index (Phi) is 3.54. The number of hydrogen-bond acceptors (Lipinski definition) is 3. The van der Waals surface area contributed by atoms with Crippen LogP contribution in [0.1, 0.15) is 27.2 Å². The predicted octanol–water partition coefficient (Wildman–Crippen LogP) is 2.46. The Labute approximate surface area is 114 Å². The van der Waals surface area contributed by atoms with Crippen LogP contribution in [0.5, 0.6) is 0 Å². The van der Waals surface area contributed by atoms with E-state index < -0.39 is 5.97 Å². The van der Waals surface area contributed by atoms with Gasteiger partial charge in [0.05, 0.1) is 23.9 Å². The van der Waals surface area contributed by atoms with Crippen LogP contribution in [0.4, 0.5) is 0 Å². The third-order valence-electron chi connectivity index (χ3n) is 2.69. The minimum Gasteiger partial charge on any atom is -0.478 e. The van der Waals surface area contributed by atoms with Gasteiger partial charge in [-0.05, 0) is 24.6 Å². The summed E-state index contributed by atoms with van der Waals surface area (Å²) < 4.78 is 1.52. The van der Waals surface area contributed by atoms with E-state index in [1.165, 1.54) is 10.9 Å². The van der Waals surface area contributed by atoms with Gasteiger partial charge in [0.15, 0.2) is 0 Å². The Morgan fingerprint density at radius 3 is 2.84 bits per heavy atom. The van der Waals surface area contributed by atoms with Gasteiger partial charge in [0.25, 0.3) is 0 Å². The Morgan fingerprint density at radius 2 is 2.32 bits per heavy atom. The van der Waals surface area contributed by atoms with Gasteiger partial charge in [-0.25, -0.2) is 4.79 Å². The number of benzene rings is 1. The summed E-state index contributed by atoms with van der Waals surface area (Å²) in [4.78, 5) is 10.9. The summed E-state index contributed by atoms with van der Waals surface area (Å²) in [6.45, 7) is 2.00. The van der Waals surface area contributed by atoms with Crippen LogP contribution in [-0.2, 0) is 6.54 Å². The minimum atomic E-state index is -1.00. The molecule has 1 aromatic carbocycles. The SMILES string of the molecule is Cc1nn(Cc2ccc(C#N)cc2Cl)cc1C(=O)O. The summed E-state index contributed by atoms with van der Waals surface area (Å²) >= 11 is 6.06. The van der Waals surface area contributed by atoms with Crippen LogP contribution in [0.25, 0.3) is 0 Å². The summed E-state index contributed by atoms with van der Waals surface area (Å²) in [6, 6.07) is 6.97. The molecule has 0 aliphatic heterocycles. The van der Waals surface area contributed by atoms with Gasteiger partial charge >= 0.3 is 5.97 Å². The van der Waals surface area contributed by atoms with Gasteiger partial charge in [-0.3, -0.25) is 4.68 Å². The molecule has 0 saturated carbocycles. The van der Waals surface area contributed by atoms with Crippen molar-refractivity contribution in [2.45, 2.75) is 13.5 Å². The second kappa shape index (κ2) is 5.12. The fourth-order valence-corrected chi connectivity index (χ4v) is 1.97. The van der Waals surface area contributed by atoms with E-state index in [0.717, 1.165) is 5.56 Å². The molecular weight excluding hydrogens is 266 g/mol. The molecule has 19 heavy (non-hydrogen) atoms. The molecule has 0 atom stereocenters. The molecule has 1 heterocycles. The highest BCUT2D eigenvalue weighted by molar-refractivity contribution is 6.31. The van der Waals surface area contributed by atoms with Gasteiger partial charge in [0.2, 0.25) is 0 Å². The zero-order valence-electron chi connectivity index (χ0n) is 10.1. The van der Waals surface area contributed by atoms with Crippen LogP contribution in [0, 0.1) is 18.3 Å². The van der Waals surface area contributed by atoms with Crippen molar-refractivity contribution in [3.05, 3.63) is 51.8 Å². The largest absolute Gasteiger partial charge is 0.478 e. The Bertz CT molecular complexity index is 686. The van der Waals surface area contributed by atoms with Crippen molar-refractivity contribution in [2.24, 2.45) is 0 Å². The van der Waals surface area contributed by atoms with E-state index in [1.807, 2.05) is 6.07 Å². The van der Waals surface area contributed by atoms with E-state index in [0.29, 0.717) is 22.8 Å². The lowest BCUT2D eigenvalue weighted by Crippen LogP contribution is -2.01. The minimum absolute atomic E-state index is 0.171. The van der Waals surface area contributed by atoms with Crippen molar-refractivity contribution in [2.75, 3.05) is 0 Å². The molecule has 6 heteroatoms. The molecule has 0 fully saturated rings. The molecule has 0 aliphatic carbocycles. The number of nitrogens with zero attached hydrogens (tertiary/aromatic N) is 3. The molecule has 2 aromatic rings. The normalized spacial score (nSPS) is 10.2. The second-order valence-electron chi connectivity index (χ2n) is 4.05. The number of aryl methyl sites for hydroxylation is 1. The van der Waals surface area contributed by atoms with Crippen LogP contribution in [0.15, 0.2) is 24.4 Å². The lowest BCUT2D eigenvalue weighted by Gasteiger charge is -2.04. The molecule has 0 amide bonds. The molecule has 2 rings (SSSR count). The molecule has 0 aliphatic rings. The molecule has 96 valence electrons. The first-order valence-corrected chi connectivity index (χ1v) is 5.85. The molecule has 0 radical (unpaired) electrons. The topological polar surface area (TPSA) is 78.9 Å². The molecule has 1 N–H and O–H groups in total. The Balaban J connectivity index is 2.29. The molecule has 0 bridgehead atoms. The van der Waals surface area contributed by atoms with Crippen LogP contribution in [0.3, 0.4) is 0 Å². The molecule has 0 unspecified atom stereocenters. The zero-order valence-corrected chi connectivity index (χ0v) is 10.8.